The van der Waals surface area contributed by atoms with E-state index in [4.69, 9.17) is 5.73 Å². The van der Waals surface area contributed by atoms with E-state index in [1.807, 2.05) is 35.2 Å². The summed E-state index contributed by atoms with van der Waals surface area (Å²) in [6, 6.07) is 10.6. The normalized spacial score (nSPS) is 25.1. The Labute approximate surface area is 115 Å². The summed E-state index contributed by atoms with van der Waals surface area (Å²) in [5, 5.41) is 0. The van der Waals surface area contributed by atoms with Gasteiger partial charge in [-0.05, 0) is 31.7 Å². The van der Waals surface area contributed by atoms with Crippen LogP contribution in [0.2, 0.25) is 0 Å². The SMILES string of the molecule is CCC(C(=O)N1CCC(N)CC1C)c1ccccc1. The fraction of sp³-hybridized carbons (Fsp3) is 0.562. The van der Waals surface area contributed by atoms with E-state index in [1.165, 1.54) is 0 Å². The third-order valence-electron chi connectivity index (χ3n) is 4.11. The zero-order valence-electron chi connectivity index (χ0n) is 11.9. The van der Waals surface area contributed by atoms with Crippen molar-refractivity contribution < 1.29 is 4.79 Å². The number of amides is 1. The van der Waals surface area contributed by atoms with E-state index in [9.17, 15) is 4.79 Å². The Morgan fingerprint density at radius 3 is 2.68 bits per heavy atom. The first kappa shape index (κ1) is 14.1. The van der Waals surface area contributed by atoms with Crippen LogP contribution in [0.15, 0.2) is 30.3 Å². The van der Waals surface area contributed by atoms with Crippen molar-refractivity contribution in [2.45, 2.75) is 51.1 Å². The molecule has 1 saturated heterocycles. The van der Waals surface area contributed by atoms with Gasteiger partial charge in [-0.2, -0.15) is 0 Å². The van der Waals surface area contributed by atoms with Gasteiger partial charge in [0.05, 0.1) is 5.92 Å². The van der Waals surface area contributed by atoms with E-state index >= 15 is 0 Å². The van der Waals surface area contributed by atoms with Crippen LogP contribution in [-0.4, -0.2) is 29.4 Å². The van der Waals surface area contributed by atoms with Gasteiger partial charge in [0.1, 0.15) is 0 Å². The fourth-order valence-electron chi connectivity index (χ4n) is 2.97. The molecule has 3 heteroatoms. The Morgan fingerprint density at radius 2 is 2.11 bits per heavy atom. The zero-order chi connectivity index (χ0) is 13.8. The zero-order valence-corrected chi connectivity index (χ0v) is 11.9. The number of carbonyl (C=O) groups excluding carboxylic acids is 1. The van der Waals surface area contributed by atoms with E-state index < -0.39 is 0 Å². The van der Waals surface area contributed by atoms with Gasteiger partial charge < -0.3 is 10.6 Å². The molecule has 19 heavy (non-hydrogen) atoms. The molecule has 2 N–H and O–H groups in total. The smallest absolute Gasteiger partial charge is 0.230 e. The van der Waals surface area contributed by atoms with Crippen LogP contribution < -0.4 is 5.73 Å². The summed E-state index contributed by atoms with van der Waals surface area (Å²) in [7, 11) is 0. The summed E-state index contributed by atoms with van der Waals surface area (Å²) >= 11 is 0. The average Bonchev–Trinajstić information content (AvgIpc) is 2.40. The molecule has 0 saturated carbocycles. The summed E-state index contributed by atoms with van der Waals surface area (Å²) in [5.41, 5.74) is 7.09. The number of nitrogens with zero attached hydrogens (tertiary/aromatic N) is 1. The fourth-order valence-corrected chi connectivity index (χ4v) is 2.97. The summed E-state index contributed by atoms with van der Waals surface area (Å²) in [5.74, 6) is 0.242. The van der Waals surface area contributed by atoms with Crippen LogP contribution >= 0.6 is 0 Å². The molecule has 3 nitrogen and oxygen atoms in total. The molecule has 0 radical (unpaired) electrons. The summed E-state index contributed by atoms with van der Waals surface area (Å²) in [6.07, 6.45) is 2.68. The van der Waals surface area contributed by atoms with Gasteiger partial charge in [-0.25, -0.2) is 0 Å². The Balaban J connectivity index is 2.13. The second-order valence-corrected chi connectivity index (χ2v) is 5.54. The lowest BCUT2D eigenvalue weighted by Gasteiger charge is -2.38. The summed E-state index contributed by atoms with van der Waals surface area (Å²) < 4.78 is 0. The maximum Gasteiger partial charge on any atom is 0.230 e. The predicted octanol–water partition coefficient (Wildman–Crippen LogP) is 2.52. The molecule has 1 fully saturated rings. The van der Waals surface area contributed by atoms with Crippen LogP contribution in [0.25, 0.3) is 0 Å². The van der Waals surface area contributed by atoms with E-state index in [2.05, 4.69) is 13.8 Å². The van der Waals surface area contributed by atoms with E-state index in [0.717, 1.165) is 31.4 Å². The molecule has 1 amide bonds. The molecule has 0 aromatic heterocycles. The van der Waals surface area contributed by atoms with Crippen LogP contribution in [-0.2, 0) is 4.79 Å². The van der Waals surface area contributed by atoms with Crippen LogP contribution in [0.5, 0.6) is 0 Å². The highest BCUT2D eigenvalue weighted by molar-refractivity contribution is 5.84. The van der Waals surface area contributed by atoms with Gasteiger partial charge in [-0.3, -0.25) is 4.79 Å². The molecule has 2 rings (SSSR count). The average molecular weight is 260 g/mol. The van der Waals surface area contributed by atoms with Crippen molar-refractivity contribution in [2.75, 3.05) is 6.54 Å². The highest BCUT2D eigenvalue weighted by Crippen LogP contribution is 2.26. The number of hydrogen-bond acceptors (Lipinski definition) is 2. The minimum atomic E-state index is -0.0158. The first-order valence-electron chi connectivity index (χ1n) is 7.24. The van der Waals surface area contributed by atoms with Gasteiger partial charge >= 0.3 is 0 Å². The lowest BCUT2D eigenvalue weighted by Crippen LogP contribution is -2.49. The van der Waals surface area contributed by atoms with Crippen LogP contribution in [0.4, 0.5) is 0 Å². The van der Waals surface area contributed by atoms with Crippen molar-refractivity contribution >= 4 is 5.91 Å². The van der Waals surface area contributed by atoms with Crippen molar-refractivity contribution in [2.24, 2.45) is 5.73 Å². The van der Waals surface area contributed by atoms with Gasteiger partial charge in [-0.1, -0.05) is 37.3 Å². The van der Waals surface area contributed by atoms with Gasteiger partial charge in [-0.15, -0.1) is 0 Å². The number of rotatable bonds is 3. The number of nitrogens with two attached hydrogens (primary N) is 1. The monoisotopic (exact) mass is 260 g/mol. The molecule has 0 spiro atoms. The number of benzene rings is 1. The summed E-state index contributed by atoms with van der Waals surface area (Å²) in [4.78, 5) is 14.8. The Hall–Kier alpha value is -1.35. The molecule has 104 valence electrons. The molecule has 1 heterocycles. The van der Waals surface area contributed by atoms with E-state index in [1.54, 1.807) is 0 Å². The van der Waals surface area contributed by atoms with E-state index in [-0.39, 0.29) is 23.9 Å². The molecule has 1 aliphatic rings. The lowest BCUT2D eigenvalue weighted by atomic mass is 9.92. The van der Waals surface area contributed by atoms with Crippen LogP contribution in [0.3, 0.4) is 0 Å². The number of carbonyl (C=O) groups is 1. The molecule has 1 aromatic rings. The molecule has 3 unspecified atom stereocenters. The quantitative estimate of drug-likeness (QED) is 0.907. The van der Waals surface area contributed by atoms with Crippen LogP contribution in [0, 0.1) is 0 Å². The van der Waals surface area contributed by atoms with Crippen molar-refractivity contribution in [3.8, 4) is 0 Å². The molecular weight excluding hydrogens is 236 g/mol. The molecule has 0 aliphatic carbocycles. The highest BCUT2D eigenvalue weighted by Gasteiger charge is 2.31. The third-order valence-corrected chi connectivity index (χ3v) is 4.11. The Morgan fingerprint density at radius 1 is 1.42 bits per heavy atom. The molecule has 1 aromatic carbocycles. The highest BCUT2D eigenvalue weighted by atomic mass is 16.2. The first-order valence-corrected chi connectivity index (χ1v) is 7.24. The minimum absolute atomic E-state index is 0.0158. The van der Waals surface area contributed by atoms with Gasteiger partial charge in [0.15, 0.2) is 0 Å². The van der Waals surface area contributed by atoms with E-state index in [0.29, 0.717) is 0 Å². The third kappa shape index (κ3) is 3.16. The number of piperidine rings is 1. The number of hydrogen-bond donors (Lipinski definition) is 1. The second kappa shape index (κ2) is 6.20. The first-order chi connectivity index (χ1) is 9.13. The predicted molar refractivity (Wildman–Crippen MR) is 77.9 cm³/mol. The molecule has 3 atom stereocenters. The molecular formula is C16H24N2O. The van der Waals surface area contributed by atoms with Crippen molar-refractivity contribution in [3.05, 3.63) is 35.9 Å². The molecule has 0 bridgehead atoms. The summed E-state index contributed by atoms with van der Waals surface area (Å²) in [6.45, 7) is 4.98. The molecule has 1 aliphatic heterocycles. The maximum absolute atomic E-state index is 12.7. The van der Waals surface area contributed by atoms with Gasteiger partial charge in [0.2, 0.25) is 5.91 Å². The number of likely N-dealkylation sites (tertiary alicyclic amines) is 1. The van der Waals surface area contributed by atoms with Crippen molar-refractivity contribution in [1.29, 1.82) is 0 Å². The standard InChI is InChI=1S/C16H24N2O/c1-3-15(13-7-5-4-6-8-13)16(19)18-10-9-14(17)11-12(18)2/h4-8,12,14-15H,3,9-11,17H2,1-2H3. The Bertz CT molecular complexity index is 418. The largest absolute Gasteiger partial charge is 0.339 e. The minimum Gasteiger partial charge on any atom is -0.339 e. The lowest BCUT2D eigenvalue weighted by molar-refractivity contribution is -0.136. The van der Waals surface area contributed by atoms with Crippen LogP contribution in [0.1, 0.15) is 44.6 Å². The van der Waals surface area contributed by atoms with Gasteiger partial charge in [0.25, 0.3) is 0 Å². The van der Waals surface area contributed by atoms with Crippen molar-refractivity contribution in [3.63, 3.8) is 0 Å². The topological polar surface area (TPSA) is 46.3 Å². The maximum atomic E-state index is 12.7. The second-order valence-electron chi connectivity index (χ2n) is 5.54. The van der Waals surface area contributed by atoms with Crippen molar-refractivity contribution in [1.82, 2.24) is 4.90 Å². The van der Waals surface area contributed by atoms with Gasteiger partial charge in [0, 0.05) is 18.6 Å². The Kier molecular flexibility index (Phi) is 4.59.